The van der Waals surface area contributed by atoms with Crippen molar-refractivity contribution in [2.75, 3.05) is 17.8 Å². The van der Waals surface area contributed by atoms with Crippen LogP contribution in [0.2, 0.25) is 0 Å². The van der Waals surface area contributed by atoms with Crippen LogP contribution >= 0.6 is 0 Å². The molecule has 1 aliphatic heterocycles. The van der Waals surface area contributed by atoms with E-state index in [2.05, 4.69) is 9.71 Å². The van der Waals surface area contributed by atoms with Crippen LogP contribution in [-0.2, 0) is 10.2 Å². The van der Waals surface area contributed by atoms with Crippen molar-refractivity contribution >= 4 is 37.8 Å². The lowest BCUT2D eigenvalue weighted by molar-refractivity contribution is -0.00752. The molecule has 0 radical (unpaired) electrons. The number of halogens is 1. The first-order valence-electron chi connectivity index (χ1n) is 10.8. The van der Waals surface area contributed by atoms with Crippen LogP contribution in [0.15, 0.2) is 53.3 Å². The van der Waals surface area contributed by atoms with Gasteiger partial charge in [0.05, 0.1) is 17.5 Å². The summed E-state index contributed by atoms with van der Waals surface area (Å²) in [5.74, 6) is -0.893. The zero-order valence-electron chi connectivity index (χ0n) is 17.9. The summed E-state index contributed by atoms with van der Waals surface area (Å²) in [6.45, 7) is 0.919. The molecule has 2 aromatic carbocycles. The number of ether oxygens (including phenoxy) is 1. The number of nitrogens with zero attached hydrogens (tertiary/aromatic N) is 3. The van der Waals surface area contributed by atoms with Crippen molar-refractivity contribution in [3.63, 3.8) is 0 Å². The van der Waals surface area contributed by atoms with Gasteiger partial charge in [-0.3, -0.25) is 9.71 Å². The number of anilines is 1. The first-order valence-corrected chi connectivity index (χ1v) is 12.3. The normalized spacial score (nSPS) is 17.3. The lowest BCUT2D eigenvalue weighted by Gasteiger charge is -2.54. The topological polar surface area (TPSA) is 108 Å². The Labute approximate surface area is 194 Å². The highest BCUT2D eigenvalue weighted by atomic mass is 32.2. The van der Waals surface area contributed by atoms with Gasteiger partial charge in [-0.2, -0.15) is 18.0 Å². The van der Waals surface area contributed by atoms with E-state index in [9.17, 15) is 18.1 Å². The Morgan fingerprint density at radius 3 is 2.76 bits per heavy atom. The summed E-state index contributed by atoms with van der Waals surface area (Å²) in [5, 5.41) is 11.2. The Hall–Kier alpha value is -3.68. The summed E-state index contributed by atoms with van der Waals surface area (Å²) in [4.78, 5) is 4.36. The summed E-state index contributed by atoms with van der Waals surface area (Å²) >= 11 is 0. The highest BCUT2D eigenvalue weighted by Crippen LogP contribution is 2.49. The average Bonchev–Trinajstić information content (AvgIpc) is 3.23. The molecule has 172 valence electrons. The number of furan rings is 1. The smallest absolute Gasteiger partial charge is 0.301 e. The van der Waals surface area contributed by atoms with Gasteiger partial charge in [-0.25, -0.2) is 4.39 Å². The van der Waals surface area contributed by atoms with Gasteiger partial charge in [0.25, 0.3) is 0 Å². The van der Waals surface area contributed by atoms with Gasteiger partial charge in [0.15, 0.2) is 11.6 Å². The van der Waals surface area contributed by atoms with E-state index >= 15 is 0 Å². The number of aromatic nitrogens is 1. The van der Waals surface area contributed by atoms with Gasteiger partial charge in [-0.1, -0.05) is 6.42 Å². The maximum atomic E-state index is 14.7. The van der Waals surface area contributed by atoms with E-state index in [1.807, 2.05) is 6.07 Å². The number of fused-ring (bicyclic) bond motifs is 3. The van der Waals surface area contributed by atoms with Crippen molar-refractivity contribution in [2.24, 2.45) is 5.41 Å². The maximum absolute atomic E-state index is 14.7. The van der Waals surface area contributed by atoms with Crippen LogP contribution in [0, 0.1) is 22.6 Å². The first kappa shape index (κ1) is 20.9. The highest BCUT2D eigenvalue weighted by molar-refractivity contribution is 7.90. The fourth-order valence-electron chi connectivity index (χ4n) is 4.69. The zero-order chi connectivity index (χ0) is 23.5. The Morgan fingerprint density at radius 2 is 2.03 bits per heavy atom. The van der Waals surface area contributed by atoms with Crippen molar-refractivity contribution in [3.8, 4) is 17.6 Å². The van der Waals surface area contributed by atoms with Gasteiger partial charge < -0.3 is 9.15 Å². The first-order chi connectivity index (χ1) is 16.4. The van der Waals surface area contributed by atoms with Crippen LogP contribution < -0.4 is 9.46 Å². The second-order valence-corrected chi connectivity index (χ2v) is 10.6. The van der Waals surface area contributed by atoms with E-state index in [1.54, 1.807) is 36.7 Å². The van der Waals surface area contributed by atoms with Crippen molar-refractivity contribution in [1.29, 1.82) is 5.26 Å². The summed E-state index contributed by atoms with van der Waals surface area (Å²) in [7, 11) is -3.87. The second kappa shape index (κ2) is 7.41. The van der Waals surface area contributed by atoms with Gasteiger partial charge in [0.1, 0.15) is 23.0 Å². The number of hydrogen-bond acceptors (Lipinski definition) is 6. The minimum Gasteiger partial charge on any atom is -0.464 e. The van der Waals surface area contributed by atoms with Crippen LogP contribution in [0.5, 0.6) is 11.5 Å². The fraction of sp³-hybridized carbons (Fsp3) is 0.250. The molecule has 3 heterocycles. The van der Waals surface area contributed by atoms with Gasteiger partial charge in [-0.15, -0.1) is 0 Å². The Bertz CT molecular complexity index is 1600. The van der Waals surface area contributed by atoms with E-state index in [0.717, 1.165) is 30.7 Å². The summed E-state index contributed by atoms with van der Waals surface area (Å²) in [6, 6.07) is 10.9. The second-order valence-electron chi connectivity index (χ2n) is 8.88. The van der Waals surface area contributed by atoms with E-state index in [0.29, 0.717) is 29.6 Å². The number of nitrogens with one attached hydrogen (secondary N) is 1. The minimum absolute atomic E-state index is 0.0376. The number of nitriles is 1. The number of pyridine rings is 1. The minimum atomic E-state index is -3.87. The molecule has 2 aromatic heterocycles. The molecule has 1 saturated carbocycles. The molecule has 0 amide bonds. The van der Waals surface area contributed by atoms with E-state index < -0.39 is 16.0 Å². The summed E-state index contributed by atoms with van der Waals surface area (Å²) in [6.07, 6.45) is 6.42. The largest absolute Gasteiger partial charge is 0.464 e. The van der Waals surface area contributed by atoms with Crippen LogP contribution in [0.3, 0.4) is 0 Å². The third kappa shape index (κ3) is 3.28. The predicted octanol–water partition coefficient (Wildman–Crippen LogP) is 4.93. The Balaban J connectivity index is 1.32. The fourth-order valence-corrected chi connectivity index (χ4v) is 6.16. The Kier molecular flexibility index (Phi) is 4.56. The molecule has 10 heteroatoms. The third-order valence-corrected chi connectivity index (χ3v) is 8.12. The number of benzene rings is 2. The molecule has 34 heavy (non-hydrogen) atoms. The maximum Gasteiger partial charge on any atom is 0.301 e. The quantitative estimate of drug-likeness (QED) is 0.436. The molecule has 1 spiro atoms. The molecule has 4 aromatic rings. The van der Waals surface area contributed by atoms with Crippen LogP contribution in [0.4, 0.5) is 10.1 Å². The summed E-state index contributed by atoms with van der Waals surface area (Å²) in [5.41, 5.74) is 1.10. The van der Waals surface area contributed by atoms with Crippen molar-refractivity contribution < 1.29 is 22.0 Å². The van der Waals surface area contributed by atoms with Gasteiger partial charge in [-0.05, 0) is 54.7 Å². The molecule has 2 fully saturated rings. The molecule has 0 bridgehead atoms. The third-order valence-electron chi connectivity index (χ3n) is 6.71. The van der Waals surface area contributed by atoms with Gasteiger partial charge in [0, 0.05) is 30.1 Å². The van der Waals surface area contributed by atoms with E-state index in [1.165, 1.54) is 10.4 Å². The van der Waals surface area contributed by atoms with Crippen LogP contribution in [0.1, 0.15) is 24.8 Å². The molecule has 0 unspecified atom stereocenters. The monoisotopic (exact) mass is 478 g/mol. The standard InChI is InChI=1S/C24H19FN4O4S/c25-19-3-5-21(28-34(30,31)29-13-24(14-29)7-1-8-24)18(11-26)23(19)33-16-2-4-20-17(10-16)22-15(12-27-20)6-9-32-22/h2-6,9-10,12,28H,1,7-8,13-14H2. The van der Waals surface area contributed by atoms with Crippen LogP contribution in [-0.4, -0.2) is 30.8 Å². The van der Waals surface area contributed by atoms with E-state index in [-0.39, 0.29) is 28.2 Å². The Morgan fingerprint density at radius 1 is 1.21 bits per heavy atom. The zero-order valence-corrected chi connectivity index (χ0v) is 18.7. The van der Waals surface area contributed by atoms with Crippen molar-refractivity contribution in [2.45, 2.75) is 19.3 Å². The highest BCUT2D eigenvalue weighted by Gasteiger charge is 2.51. The van der Waals surface area contributed by atoms with Crippen LogP contribution in [0.25, 0.3) is 21.9 Å². The van der Waals surface area contributed by atoms with E-state index in [4.69, 9.17) is 9.15 Å². The molecule has 2 aliphatic rings. The molecule has 0 atom stereocenters. The van der Waals surface area contributed by atoms with Crippen molar-refractivity contribution in [1.82, 2.24) is 9.29 Å². The molecule has 6 rings (SSSR count). The lowest BCUT2D eigenvalue weighted by Crippen LogP contribution is -2.62. The molecule has 1 aliphatic carbocycles. The number of rotatable bonds is 5. The molecule has 8 nitrogen and oxygen atoms in total. The van der Waals surface area contributed by atoms with Gasteiger partial charge >= 0.3 is 10.2 Å². The number of hydrogen-bond donors (Lipinski definition) is 1. The lowest BCUT2D eigenvalue weighted by atomic mass is 9.65. The van der Waals surface area contributed by atoms with Gasteiger partial charge in [0.2, 0.25) is 0 Å². The SMILES string of the molecule is N#Cc1c(NS(=O)(=O)N2CC3(CCC3)C2)ccc(F)c1Oc1ccc2ncc3ccoc3c2c1. The molecule has 1 saturated heterocycles. The van der Waals surface area contributed by atoms with Crippen molar-refractivity contribution in [3.05, 3.63) is 60.2 Å². The summed E-state index contributed by atoms with van der Waals surface area (Å²) < 4.78 is 55.5. The predicted molar refractivity (Wildman–Crippen MR) is 123 cm³/mol. The molecular weight excluding hydrogens is 459 g/mol. The molecular formula is C24H19FN4O4S. The molecule has 1 N–H and O–H groups in total. The average molecular weight is 479 g/mol.